The Hall–Kier alpha value is -0.970. The lowest BCUT2D eigenvalue weighted by molar-refractivity contribution is 0.0501. The summed E-state index contributed by atoms with van der Waals surface area (Å²) in [6.07, 6.45) is 0. The van der Waals surface area contributed by atoms with E-state index < -0.39 is 5.60 Å². The predicted molar refractivity (Wildman–Crippen MR) is 79.0 cm³/mol. The van der Waals surface area contributed by atoms with Crippen molar-refractivity contribution in [2.45, 2.75) is 26.4 Å². The minimum absolute atomic E-state index is 0.230. The number of nitrogens with one attached hydrogen (secondary N) is 1. The molecule has 2 amide bonds. The fraction of sp³-hybridized carbons (Fsp3) is 0.462. The number of halogens is 2. The molecule has 0 aliphatic carbocycles. The molecule has 4 nitrogen and oxygen atoms in total. The summed E-state index contributed by atoms with van der Waals surface area (Å²) in [5, 5.41) is 13.4. The van der Waals surface area contributed by atoms with E-state index in [1.54, 1.807) is 32.0 Å². The summed E-state index contributed by atoms with van der Waals surface area (Å²) in [5.41, 5.74) is -0.501. The van der Waals surface area contributed by atoms with Gasteiger partial charge in [-0.15, -0.1) is 0 Å². The van der Waals surface area contributed by atoms with Crippen LogP contribution in [0.25, 0.3) is 0 Å². The summed E-state index contributed by atoms with van der Waals surface area (Å²) >= 11 is 11.8. The molecule has 0 saturated carbocycles. The zero-order valence-corrected chi connectivity index (χ0v) is 12.7. The van der Waals surface area contributed by atoms with Gasteiger partial charge in [-0.2, -0.15) is 0 Å². The molecule has 1 rings (SSSR count). The first kappa shape index (κ1) is 16.1. The number of hydrogen-bond acceptors (Lipinski definition) is 2. The first-order chi connectivity index (χ1) is 8.73. The molecule has 0 spiro atoms. The van der Waals surface area contributed by atoms with Crippen LogP contribution in [0.2, 0.25) is 10.0 Å². The Labute approximate surface area is 123 Å². The van der Waals surface area contributed by atoms with Crippen LogP contribution in [-0.2, 0) is 0 Å². The van der Waals surface area contributed by atoms with E-state index >= 15 is 0 Å². The van der Waals surface area contributed by atoms with Crippen LogP contribution in [0.4, 0.5) is 10.5 Å². The number of aliphatic hydroxyl groups is 1. The van der Waals surface area contributed by atoms with E-state index in [0.29, 0.717) is 22.3 Å². The third-order valence-corrected chi connectivity index (χ3v) is 2.98. The van der Waals surface area contributed by atoms with Gasteiger partial charge >= 0.3 is 6.03 Å². The maximum Gasteiger partial charge on any atom is 0.321 e. The quantitative estimate of drug-likeness (QED) is 0.892. The predicted octanol–water partition coefficient (Wildman–Crippen LogP) is 3.62. The molecule has 6 heteroatoms. The molecular formula is C13H18Cl2N2O2. The summed E-state index contributed by atoms with van der Waals surface area (Å²) < 4.78 is 0. The topological polar surface area (TPSA) is 52.6 Å². The van der Waals surface area contributed by atoms with Gasteiger partial charge in [-0.3, -0.25) is 0 Å². The van der Waals surface area contributed by atoms with Crippen LogP contribution < -0.4 is 5.32 Å². The lowest BCUT2D eigenvalue weighted by atomic mass is 10.1. The normalized spacial score (nSPS) is 11.3. The summed E-state index contributed by atoms with van der Waals surface area (Å²) in [6, 6.07) is 4.52. The van der Waals surface area contributed by atoms with E-state index in [4.69, 9.17) is 23.2 Å². The SMILES string of the molecule is CCN(CC(C)(C)O)C(=O)Nc1cc(Cl)ccc1Cl. The van der Waals surface area contributed by atoms with Crippen molar-refractivity contribution in [2.24, 2.45) is 0 Å². The van der Waals surface area contributed by atoms with Crippen molar-refractivity contribution in [3.8, 4) is 0 Å². The number of carbonyl (C=O) groups excluding carboxylic acids is 1. The average molecular weight is 305 g/mol. The van der Waals surface area contributed by atoms with Gasteiger partial charge in [-0.05, 0) is 39.0 Å². The minimum Gasteiger partial charge on any atom is -0.389 e. The lowest BCUT2D eigenvalue weighted by Gasteiger charge is -2.28. The number of amides is 2. The highest BCUT2D eigenvalue weighted by Gasteiger charge is 2.21. The first-order valence-corrected chi connectivity index (χ1v) is 6.72. The van der Waals surface area contributed by atoms with Crippen molar-refractivity contribution in [1.82, 2.24) is 4.90 Å². The van der Waals surface area contributed by atoms with E-state index in [1.807, 2.05) is 6.92 Å². The van der Waals surface area contributed by atoms with Crippen LogP contribution in [0.3, 0.4) is 0 Å². The molecule has 0 unspecified atom stereocenters. The smallest absolute Gasteiger partial charge is 0.321 e. The number of urea groups is 1. The zero-order chi connectivity index (χ0) is 14.6. The summed E-state index contributed by atoms with van der Waals surface area (Å²) in [5.74, 6) is 0. The number of carbonyl (C=O) groups is 1. The standard InChI is InChI=1S/C13H18Cl2N2O2/c1-4-17(8-13(2,3)19)12(18)16-11-7-9(14)5-6-10(11)15/h5-7,19H,4,8H2,1-3H3,(H,16,18). The molecule has 0 atom stereocenters. The van der Waals surface area contributed by atoms with Gasteiger partial charge in [0.05, 0.1) is 22.9 Å². The third kappa shape index (κ3) is 5.27. The van der Waals surface area contributed by atoms with Crippen molar-refractivity contribution in [3.63, 3.8) is 0 Å². The van der Waals surface area contributed by atoms with E-state index in [1.165, 1.54) is 4.90 Å². The number of rotatable bonds is 4. The summed E-state index contributed by atoms with van der Waals surface area (Å²) in [7, 11) is 0. The van der Waals surface area contributed by atoms with Crippen molar-refractivity contribution >= 4 is 34.9 Å². The molecule has 1 aromatic rings. The maximum atomic E-state index is 12.1. The van der Waals surface area contributed by atoms with Crippen molar-refractivity contribution in [2.75, 3.05) is 18.4 Å². The Bertz CT molecular complexity index is 458. The molecule has 0 heterocycles. The van der Waals surface area contributed by atoms with Gasteiger partial charge in [0.15, 0.2) is 0 Å². The van der Waals surface area contributed by atoms with Crippen LogP contribution in [0.15, 0.2) is 18.2 Å². The van der Waals surface area contributed by atoms with Gasteiger partial charge in [0, 0.05) is 11.6 Å². The molecule has 0 aromatic heterocycles. The summed E-state index contributed by atoms with van der Waals surface area (Å²) in [6.45, 7) is 5.84. The highest BCUT2D eigenvalue weighted by atomic mass is 35.5. The number of anilines is 1. The van der Waals surface area contributed by atoms with Gasteiger partial charge in [-0.25, -0.2) is 4.79 Å². The monoisotopic (exact) mass is 304 g/mol. The van der Waals surface area contributed by atoms with Crippen LogP contribution in [0, 0.1) is 0 Å². The number of nitrogens with zero attached hydrogens (tertiary/aromatic N) is 1. The highest BCUT2D eigenvalue weighted by molar-refractivity contribution is 6.35. The molecule has 106 valence electrons. The average Bonchev–Trinajstić information content (AvgIpc) is 2.29. The molecule has 2 N–H and O–H groups in total. The first-order valence-electron chi connectivity index (χ1n) is 5.96. The van der Waals surface area contributed by atoms with Crippen molar-refractivity contribution in [1.29, 1.82) is 0 Å². The number of likely N-dealkylation sites (N-methyl/N-ethyl adjacent to an activating group) is 1. The van der Waals surface area contributed by atoms with Gasteiger partial charge < -0.3 is 15.3 Å². The third-order valence-electron chi connectivity index (χ3n) is 2.42. The Kier molecular flexibility index (Phi) is 5.47. The minimum atomic E-state index is -0.953. The van der Waals surface area contributed by atoms with E-state index in [9.17, 15) is 9.90 Å². The fourth-order valence-electron chi connectivity index (χ4n) is 1.58. The van der Waals surface area contributed by atoms with E-state index in [0.717, 1.165) is 0 Å². The van der Waals surface area contributed by atoms with E-state index in [-0.39, 0.29) is 12.6 Å². The van der Waals surface area contributed by atoms with Gasteiger partial charge in [-0.1, -0.05) is 23.2 Å². The zero-order valence-electron chi connectivity index (χ0n) is 11.2. The second-order valence-corrected chi connectivity index (χ2v) is 5.72. The molecule has 1 aromatic carbocycles. The Morgan fingerprint density at radius 1 is 1.42 bits per heavy atom. The fourth-order valence-corrected chi connectivity index (χ4v) is 1.92. The second-order valence-electron chi connectivity index (χ2n) is 4.88. The van der Waals surface area contributed by atoms with Gasteiger partial charge in [0.1, 0.15) is 0 Å². The molecule has 0 aliphatic rings. The van der Waals surface area contributed by atoms with Crippen molar-refractivity contribution < 1.29 is 9.90 Å². The second kappa shape index (κ2) is 6.46. The highest BCUT2D eigenvalue weighted by Crippen LogP contribution is 2.25. The Morgan fingerprint density at radius 3 is 2.58 bits per heavy atom. The van der Waals surface area contributed by atoms with Crippen LogP contribution in [0.1, 0.15) is 20.8 Å². The molecule has 0 radical (unpaired) electrons. The van der Waals surface area contributed by atoms with Crippen LogP contribution in [0.5, 0.6) is 0 Å². The Morgan fingerprint density at radius 2 is 2.05 bits per heavy atom. The van der Waals surface area contributed by atoms with Gasteiger partial charge in [0.25, 0.3) is 0 Å². The Balaban J connectivity index is 2.80. The lowest BCUT2D eigenvalue weighted by Crippen LogP contribution is -2.44. The van der Waals surface area contributed by atoms with Crippen molar-refractivity contribution in [3.05, 3.63) is 28.2 Å². The van der Waals surface area contributed by atoms with Crippen LogP contribution >= 0.6 is 23.2 Å². The van der Waals surface area contributed by atoms with Crippen LogP contribution in [-0.4, -0.2) is 34.7 Å². The maximum absolute atomic E-state index is 12.1. The largest absolute Gasteiger partial charge is 0.389 e. The molecular weight excluding hydrogens is 287 g/mol. The molecule has 0 aliphatic heterocycles. The molecule has 0 bridgehead atoms. The van der Waals surface area contributed by atoms with E-state index in [2.05, 4.69) is 5.32 Å². The molecule has 0 fully saturated rings. The number of hydrogen-bond donors (Lipinski definition) is 2. The summed E-state index contributed by atoms with van der Waals surface area (Å²) in [4.78, 5) is 13.6. The van der Waals surface area contributed by atoms with Gasteiger partial charge in [0.2, 0.25) is 0 Å². The molecule has 0 saturated heterocycles. The molecule has 19 heavy (non-hydrogen) atoms. The number of benzene rings is 1.